The van der Waals surface area contributed by atoms with Crippen molar-refractivity contribution in [3.05, 3.63) is 83.9 Å². The quantitative estimate of drug-likeness (QED) is 0.324. The Balaban J connectivity index is 1.30. The highest BCUT2D eigenvalue weighted by Gasteiger charge is 2.26. The Morgan fingerprint density at radius 3 is 2.43 bits per heavy atom. The van der Waals surface area contributed by atoms with Gasteiger partial charge in [0.2, 0.25) is 5.95 Å². The number of hydrogen-bond donors (Lipinski definition) is 4. The molecule has 1 fully saturated rings. The van der Waals surface area contributed by atoms with Crippen LogP contribution >= 0.6 is 0 Å². The minimum atomic E-state index is -0.302. The Hall–Kier alpha value is -4.31. The maximum atomic E-state index is 13.1. The Labute approximate surface area is 215 Å². The van der Waals surface area contributed by atoms with Crippen LogP contribution in [0.4, 0.5) is 27.5 Å². The van der Waals surface area contributed by atoms with E-state index in [4.69, 9.17) is 11.1 Å². The highest BCUT2D eigenvalue weighted by Crippen LogP contribution is 2.21. The molecule has 0 aliphatic carbocycles. The van der Waals surface area contributed by atoms with E-state index in [0.29, 0.717) is 54.4 Å². The first-order chi connectivity index (χ1) is 17.9. The Kier molecular flexibility index (Phi) is 8.42. The number of hydrogen-bond acceptors (Lipinski definition) is 8. The molecule has 1 aliphatic heterocycles. The van der Waals surface area contributed by atoms with Crippen molar-refractivity contribution in [2.24, 2.45) is 5.73 Å². The third-order valence-corrected chi connectivity index (χ3v) is 6.26. The smallest absolute Gasteiger partial charge is 0.253 e. The van der Waals surface area contributed by atoms with Gasteiger partial charge in [0, 0.05) is 60.7 Å². The summed E-state index contributed by atoms with van der Waals surface area (Å²) in [6, 6.07) is 15.3. The minimum Gasteiger partial charge on any atom is -0.401 e. The van der Waals surface area contributed by atoms with E-state index >= 15 is 0 Å². The molecule has 0 radical (unpaired) electrons. The summed E-state index contributed by atoms with van der Waals surface area (Å²) in [6.45, 7) is 1.98. The van der Waals surface area contributed by atoms with Gasteiger partial charge in [-0.15, -0.1) is 0 Å². The number of likely N-dealkylation sites (N-methyl/N-ethyl adjacent to an activating group) is 1. The van der Waals surface area contributed by atoms with Crippen LogP contribution in [0.5, 0.6) is 0 Å². The van der Waals surface area contributed by atoms with Crippen LogP contribution < -0.4 is 16.4 Å². The zero-order valence-corrected chi connectivity index (χ0v) is 20.7. The van der Waals surface area contributed by atoms with Gasteiger partial charge >= 0.3 is 0 Å². The summed E-state index contributed by atoms with van der Waals surface area (Å²) in [7, 11) is 2.02. The van der Waals surface area contributed by atoms with Gasteiger partial charge in [-0.1, -0.05) is 0 Å². The number of nitrogens with one attached hydrogen (secondary N) is 3. The first kappa shape index (κ1) is 25.8. The van der Waals surface area contributed by atoms with Gasteiger partial charge < -0.3 is 26.7 Å². The normalized spacial score (nSPS) is 14.5. The number of aromatic nitrogens is 2. The monoisotopic (exact) mass is 502 g/mol. The molecule has 9 nitrogen and oxygen atoms in total. The largest absolute Gasteiger partial charge is 0.401 e. The van der Waals surface area contributed by atoms with Gasteiger partial charge in [-0.3, -0.25) is 9.69 Å². The maximum Gasteiger partial charge on any atom is 0.253 e. The maximum absolute atomic E-state index is 13.1. The number of likely N-dealkylation sites (tertiary alicyclic amines) is 1. The van der Waals surface area contributed by atoms with E-state index in [1.54, 1.807) is 42.6 Å². The number of nitrogens with zero attached hydrogens (tertiary/aromatic N) is 4. The van der Waals surface area contributed by atoms with E-state index in [-0.39, 0.29) is 11.7 Å². The van der Waals surface area contributed by atoms with Crippen LogP contribution in [0, 0.1) is 11.2 Å². The number of amides is 1. The Morgan fingerprint density at radius 2 is 1.76 bits per heavy atom. The first-order valence-corrected chi connectivity index (χ1v) is 12.1. The number of halogens is 1. The average Bonchev–Trinajstić information content (AvgIpc) is 2.90. The summed E-state index contributed by atoms with van der Waals surface area (Å²) in [5.74, 6) is 0.675. The van der Waals surface area contributed by atoms with E-state index in [1.165, 1.54) is 18.3 Å². The summed E-state index contributed by atoms with van der Waals surface area (Å²) in [5.41, 5.74) is 8.68. The molecular weight excluding hydrogens is 471 g/mol. The number of nitrogens with two attached hydrogens (primary N) is 1. The van der Waals surface area contributed by atoms with Crippen molar-refractivity contribution >= 4 is 35.3 Å². The van der Waals surface area contributed by atoms with Gasteiger partial charge in [0.15, 0.2) is 0 Å². The predicted molar refractivity (Wildman–Crippen MR) is 144 cm³/mol. The van der Waals surface area contributed by atoms with Crippen LogP contribution in [0.3, 0.4) is 0 Å². The van der Waals surface area contributed by atoms with Crippen molar-refractivity contribution in [3.63, 3.8) is 0 Å². The van der Waals surface area contributed by atoms with Crippen LogP contribution in [-0.4, -0.2) is 64.6 Å². The summed E-state index contributed by atoms with van der Waals surface area (Å²) in [4.78, 5) is 25.8. The van der Waals surface area contributed by atoms with Crippen molar-refractivity contribution in [2.75, 3.05) is 37.3 Å². The molecule has 1 saturated heterocycles. The van der Waals surface area contributed by atoms with Gasteiger partial charge in [0.25, 0.3) is 5.91 Å². The lowest BCUT2D eigenvalue weighted by Gasteiger charge is -2.36. The van der Waals surface area contributed by atoms with Gasteiger partial charge in [0.05, 0.1) is 0 Å². The average molecular weight is 503 g/mol. The number of carbonyl (C=O) groups excluding carboxylic acids is 1. The number of carbonyl (C=O) groups is 1. The topological polar surface area (TPSA) is 123 Å². The number of benzene rings is 2. The second kappa shape index (κ2) is 12.1. The van der Waals surface area contributed by atoms with Crippen molar-refractivity contribution in [3.8, 4) is 0 Å². The lowest BCUT2D eigenvalue weighted by molar-refractivity contribution is 0.0652. The molecule has 1 aliphatic rings. The number of anilines is 4. The van der Waals surface area contributed by atoms with Crippen molar-refractivity contribution < 1.29 is 9.18 Å². The molecule has 5 N–H and O–H groups in total. The van der Waals surface area contributed by atoms with Crippen LogP contribution in [0.1, 0.15) is 23.2 Å². The molecule has 2 heterocycles. The van der Waals surface area contributed by atoms with Crippen LogP contribution in [0.15, 0.2) is 72.6 Å². The summed E-state index contributed by atoms with van der Waals surface area (Å²) >= 11 is 0. The fourth-order valence-electron chi connectivity index (χ4n) is 4.26. The van der Waals surface area contributed by atoms with Crippen molar-refractivity contribution in [1.29, 1.82) is 5.41 Å². The molecule has 1 aromatic heterocycles. The summed E-state index contributed by atoms with van der Waals surface area (Å²) in [6.07, 6.45) is 6.17. The van der Waals surface area contributed by atoms with E-state index < -0.39 is 0 Å². The molecule has 0 atom stereocenters. The third-order valence-electron chi connectivity index (χ3n) is 6.26. The fraction of sp³-hybridized carbons (Fsp3) is 0.259. The predicted octanol–water partition coefficient (Wildman–Crippen LogP) is 4.13. The molecular formula is C27H31FN8O. The van der Waals surface area contributed by atoms with E-state index in [0.717, 1.165) is 18.5 Å². The first-order valence-electron chi connectivity index (χ1n) is 12.1. The van der Waals surface area contributed by atoms with Gasteiger partial charge in [-0.05, 0) is 80.6 Å². The summed E-state index contributed by atoms with van der Waals surface area (Å²) < 4.78 is 13.1. The standard InChI is InChI=1S/C27H31FN8O/c1-35(18-21(30)10-14-29)24-12-16-36(17-13-24)26(37)19-2-6-23(7-3-19)33-27-31-15-11-25(34-27)32-22-8-4-20(28)5-9-22/h2-11,14-15,24,29H,12-13,16-18,30H2,1H3,(H2,31,32,33,34). The third kappa shape index (κ3) is 7.11. The van der Waals surface area contributed by atoms with Gasteiger partial charge in [0.1, 0.15) is 11.6 Å². The molecule has 37 heavy (non-hydrogen) atoms. The highest BCUT2D eigenvalue weighted by atomic mass is 19.1. The zero-order valence-electron chi connectivity index (χ0n) is 20.7. The molecule has 192 valence electrons. The van der Waals surface area contributed by atoms with Gasteiger partial charge in [-0.2, -0.15) is 4.98 Å². The number of piperidine rings is 1. The number of allylic oxidation sites excluding steroid dienone is 1. The van der Waals surface area contributed by atoms with Crippen molar-refractivity contribution in [1.82, 2.24) is 19.8 Å². The molecule has 0 saturated carbocycles. The second-order valence-corrected chi connectivity index (χ2v) is 8.95. The molecule has 0 unspecified atom stereocenters. The molecule has 2 aromatic carbocycles. The minimum absolute atomic E-state index is 0.0117. The fourth-order valence-corrected chi connectivity index (χ4v) is 4.26. The highest BCUT2D eigenvalue weighted by molar-refractivity contribution is 5.94. The van der Waals surface area contributed by atoms with Crippen LogP contribution in [0.2, 0.25) is 0 Å². The molecule has 3 aromatic rings. The lowest BCUT2D eigenvalue weighted by atomic mass is 10.0. The van der Waals surface area contributed by atoms with Gasteiger partial charge in [-0.25, -0.2) is 9.37 Å². The summed E-state index contributed by atoms with van der Waals surface area (Å²) in [5, 5.41) is 13.4. The molecule has 10 heteroatoms. The SMILES string of the molecule is CN(CC(N)=CC=N)C1CCN(C(=O)c2ccc(Nc3nccc(Nc4ccc(F)cc4)n3)cc2)CC1. The van der Waals surface area contributed by atoms with Crippen LogP contribution in [0.25, 0.3) is 0 Å². The molecule has 0 spiro atoms. The Morgan fingerprint density at radius 1 is 1.11 bits per heavy atom. The molecule has 4 rings (SSSR count). The molecule has 1 amide bonds. The Bertz CT molecular complexity index is 1240. The molecule has 0 bridgehead atoms. The number of rotatable bonds is 9. The lowest BCUT2D eigenvalue weighted by Crippen LogP contribution is -2.46. The zero-order chi connectivity index (χ0) is 26.2. The second-order valence-electron chi connectivity index (χ2n) is 8.95. The van der Waals surface area contributed by atoms with Crippen LogP contribution in [-0.2, 0) is 0 Å². The van der Waals surface area contributed by atoms with E-state index in [2.05, 4.69) is 25.5 Å². The van der Waals surface area contributed by atoms with E-state index in [1.807, 2.05) is 24.1 Å². The van der Waals surface area contributed by atoms with E-state index in [9.17, 15) is 9.18 Å². The van der Waals surface area contributed by atoms with Crippen molar-refractivity contribution in [2.45, 2.75) is 18.9 Å².